The van der Waals surface area contributed by atoms with Crippen molar-refractivity contribution < 1.29 is 62.9 Å². The van der Waals surface area contributed by atoms with Crippen molar-refractivity contribution in [3.05, 3.63) is 71.9 Å². The smallest absolute Gasteiger partial charge is 0.329 e. The van der Waals surface area contributed by atoms with Gasteiger partial charge in [-0.05, 0) is 62.6 Å². The Morgan fingerprint density at radius 2 is 1.52 bits per heavy atom. The Kier molecular flexibility index (Phi) is 21.2. The minimum absolute atomic E-state index is 0.116. The molecule has 3 aromatic rings. The van der Waals surface area contributed by atoms with Crippen LogP contribution in [0.2, 0.25) is 0 Å². The van der Waals surface area contributed by atoms with Crippen LogP contribution in [-0.4, -0.2) is 158 Å². The fraction of sp³-hybridized carbons (Fsp3) is 0.538. The molecule has 3 heterocycles. The highest BCUT2D eigenvalue weighted by Crippen LogP contribution is 2.27. The van der Waals surface area contributed by atoms with Gasteiger partial charge in [-0.1, -0.05) is 82.1 Å². The molecule has 23 heteroatoms. The first-order valence-corrected chi connectivity index (χ1v) is 25.4. The summed E-state index contributed by atoms with van der Waals surface area (Å²) in [5.74, 6) is -9.76. The van der Waals surface area contributed by atoms with E-state index in [0.29, 0.717) is 17.5 Å². The monoisotopic (exact) mass is 1040 g/mol. The Morgan fingerprint density at radius 1 is 0.827 bits per heavy atom. The summed E-state index contributed by atoms with van der Waals surface area (Å²) in [6.45, 7) is 7.01. The van der Waals surface area contributed by atoms with Crippen molar-refractivity contribution in [2.24, 2.45) is 11.7 Å². The van der Waals surface area contributed by atoms with E-state index in [4.69, 9.17) is 10.5 Å². The number of rotatable bonds is 18. The number of benzene rings is 2. The molecular formula is C52H72N10O13. The van der Waals surface area contributed by atoms with Gasteiger partial charge in [-0.15, -0.1) is 0 Å². The molecule has 10 atom stereocenters. The van der Waals surface area contributed by atoms with Gasteiger partial charge in [0.05, 0.1) is 12.6 Å². The second-order valence-electron chi connectivity index (χ2n) is 19.5. The molecule has 2 aliphatic rings. The average Bonchev–Trinajstić information content (AvgIpc) is 3.78. The van der Waals surface area contributed by atoms with E-state index in [1.54, 1.807) is 56.4 Å². The number of aromatic amines is 1. The van der Waals surface area contributed by atoms with Gasteiger partial charge < -0.3 is 67.4 Å². The van der Waals surface area contributed by atoms with E-state index in [2.05, 4.69) is 36.9 Å². The highest BCUT2D eigenvalue weighted by Gasteiger charge is 2.46. The van der Waals surface area contributed by atoms with E-state index in [0.717, 1.165) is 33.5 Å². The summed E-state index contributed by atoms with van der Waals surface area (Å²) in [5, 5.41) is 38.1. The number of hydrogen-bond donors (Lipinski definition) is 10. The lowest BCUT2D eigenvalue weighted by Gasteiger charge is -2.43. The molecule has 2 aliphatic heterocycles. The number of unbranched alkanes of at least 4 members (excludes halogenated alkanes) is 2. The maximum atomic E-state index is 15.2. The average molecular weight is 1050 g/mol. The molecule has 2 saturated heterocycles. The molecule has 9 amide bonds. The standard InChI is InChI=1S/C52H72N10O13/c1-7-8-10-19-40(65)55-27-41(66)58-44(29(4)63)48(70)60-45-30(5)75-52(74)43(28(2)3)59-47(69)37(25-32-26-54-34-18-14-13-17-33(32)34)61(6)51(73)38(24-31-15-11-9-12-16-31)62-42(67)23-21-36(50(62)72)57-46(68)35(56-49(45)71)20-22-39(53)64/h9,11-18,26,28-30,35-38,42-45,54,63,67H,7-8,10,19-25,27H2,1-6H3,(H2,53,64)(H,55,65)(H,56,71)(H,57,68)(H,58,66)(H,59,69)(H,60,70)/t29-,30+,35+,36+,37+,38+,42-,43?,44+,45+/m1/s1. The topological polar surface area (TPSA) is 341 Å². The van der Waals surface area contributed by atoms with Gasteiger partial charge in [-0.25, -0.2) is 4.79 Å². The zero-order valence-corrected chi connectivity index (χ0v) is 43.3. The number of likely N-dealkylation sites (N-methyl/N-ethyl adjacent to an activating group) is 1. The number of para-hydroxylation sites is 1. The van der Waals surface area contributed by atoms with Crippen molar-refractivity contribution in [1.82, 2.24) is 46.7 Å². The molecule has 5 rings (SSSR count). The van der Waals surface area contributed by atoms with Gasteiger partial charge in [0.2, 0.25) is 53.2 Å². The number of carbonyl (C=O) groups is 10. The van der Waals surface area contributed by atoms with E-state index in [9.17, 15) is 53.4 Å². The second-order valence-corrected chi connectivity index (χ2v) is 19.5. The van der Waals surface area contributed by atoms with Crippen LogP contribution < -0.4 is 37.6 Å². The van der Waals surface area contributed by atoms with Crippen LogP contribution in [0.4, 0.5) is 0 Å². The molecule has 75 heavy (non-hydrogen) atoms. The summed E-state index contributed by atoms with van der Waals surface area (Å²) < 4.78 is 5.86. The first kappa shape index (κ1) is 58.5. The minimum Gasteiger partial charge on any atom is -0.458 e. The zero-order valence-electron chi connectivity index (χ0n) is 43.3. The predicted molar refractivity (Wildman–Crippen MR) is 272 cm³/mol. The first-order valence-electron chi connectivity index (χ1n) is 25.4. The van der Waals surface area contributed by atoms with E-state index in [1.165, 1.54) is 20.9 Å². The van der Waals surface area contributed by atoms with E-state index in [1.807, 2.05) is 25.1 Å². The number of nitrogens with one attached hydrogen (secondary N) is 7. The summed E-state index contributed by atoms with van der Waals surface area (Å²) >= 11 is 0. The molecule has 0 radical (unpaired) electrons. The number of H-pyrrole nitrogens is 1. The maximum absolute atomic E-state index is 15.2. The van der Waals surface area contributed by atoms with Crippen molar-refractivity contribution in [3.63, 3.8) is 0 Å². The molecule has 0 aliphatic carbocycles. The molecule has 0 saturated carbocycles. The van der Waals surface area contributed by atoms with Crippen molar-refractivity contribution in [1.29, 1.82) is 0 Å². The number of nitrogens with two attached hydrogens (primary N) is 1. The number of fused-ring (bicyclic) bond motifs is 3. The summed E-state index contributed by atoms with van der Waals surface area (Å²) in [4.78, 5) is 145. The number of piperidine rings is 1. The minimum atomic E-state index is -1.92. The fourth-order valence-electron chi connectivity index (χ4n) is 9.08. The second kappa shape index (κ2) is 27.2. The number of esters is 1. The van der Waals surface area contributed by atoms with Crippen molar-refractivity contribution in [2.75, 3.05) is 13.6 Å². The molecule has 408 valence electrons. The quantitative estimate of drug-likeness (QED) is 0.0566. The number of amides is 9. The third-order valence-electron chi connectivity index (χ3n) is 13.4. The number of cyclic esters (lactones) is 1. The Morgan fingerprint density at radius 3 is 2.19 bits per heavy atom. The van der Waals surface area contributed by atoms with Crippen LogP contribution in [0.15, 0.2) is 60.8 Å². The molecule has 0 spiro atoms. The lowest BCUT2D eigenvalue weighted by Crippen LogP contribution is -2.65. The van der Waals surface area contributed by atoms with Gasteiger partial charge in [0.1, 0.15) is 54.6 Å². The van der Waals surface area contributed by atoms with E-state index < -0.39 is 145 Å². The fourth-order valence-corrected chi connectivity index (χ4v) is 9.08. The normalized spacial score (nSPS) is 24.1. The molecule has 2 bridgehead atoms. The maximum Gasteiger partial charge on any atom is 0.329 e. The van der Waals surface area contributed by atoms with Crippen molar-refractivity contribution in [2.45, 2.75) is 160 Å². The molecule has 1 aromatic heterocycles. The largest absolute Gasteiger partial charge is 0.458 e. The molecule has 2 aromatic carbocycles. The molecule has 2 fully saturated rings. The summed E-state index contributed by atoms with van der Waals surface area (Å²) in [6, 6.07) is 4.85. The number of hydrogen-bond acceptors (Lipinski definition) is 13. The van der Waals surface area contributed by atoms with Gasteiger partial charge >= 0.3 is 5.97 Å². The van der Waals surface area contributed by atoms with Gasteiger partial charge in [-0.2, -0.15) is 0 Å². The third kappa shape index (κ3) is 15.8. The van der Waals surface area contributed by atoms with E-state index in [-0.39, 0.29) is 32.1 Å². The third-order valence-corrected chi connectivity index (χ3v) is 13.4. The van der Waals surface area contributed by atoms with Gasteiger partial charge in [-0.3, -0.25) is 43.2 Å². The van der Waals surface area contributed by atoms with Crippen molar-refractivity contribution in [3.8, 4) is 0 Å². The highest BCUT2D eigenvalue weighted by molar-refractivity contribution is 5.99. The number of carbonyl (C=O) groups excluding carboxylic acids is 10. The van der Waals surface area contributed by atoms with Crippen LogP contribution in [0.25, 0.3) is 10.9 Å². The van der Waals surface area contributed by atoms with Crippen LogP contribution in [0.1, 0.15) is 97.1 Å². The summed E-state index contributed by atoms with van der Waals surface area (Å²) in [6.07, 6.45) is -2.15. The van der Waals surface area contributed by atoms with Crippen LogP contribution in [0.3, 0.4) is 0 Å². The van der Waals surface area contributed by atoms with Crippen LogP contribution in [0, 0.1) is 5.92 Å². The highest BCUT2D eigenvalue weighted by atomic mass is 16.5. The van der Waals surface area contributed by atoms with Gasteiger partial charge in [0.15, 0.2) is 0 Å². The number of aliphatic hydroxyl groups excluding tert-OH is 2. The predicted octanol–water partition coefficient (Wildman–Crippen LogP) is -0.542. The lowest BCUT2D eigenvalue weighted by molar-refractivity contribution is -0.165. The molecular weight excluding hydrogens is 973 g/mol. The Hall–Kier alpha value is -7.40. The van der Waals surface area contributed by atoms with Crippen molar-refractivity contribution >= 4 is 70.0 Å². The number of ether oxygens (including phenoxy) is 1. The van der Waals surface area contributed by atoms with E-state index >= 15 is 4.79 Å². The molecule has 1 unspecified atom stereocenters. The van der Waals surface area contributed by atoms with Crippen LogP contribution >= 0.6 is 0 Å². The summed E-state index contributed by atoms with van der Waals surface area (Å²) in [7, 11) is 1.37. The van der Waals surface area contributed by atoms with Crippen LogP contribution in [-0.2, 0) is 65.5 Å². The van der Waals surface area contributed by atoms with Crippen LogP contribution in [0.5, 0.6) is 0 Å². The Labute approximate surface area is 435 Å². The molecule has 23 nitrogen and oxygen atoms in total. The molecule has 11 N–H and O–H groups in total. The number of aromatic nitrogens is 1. The van der Waals surface area contributed by atoms with Gasteiger partial charge in [0, 0.05) is 49.8 Å². The number of aliphatic hydroxyl groups is 2. The van der Waals surface area contributed by atoms with Gasteiger partial charge in [0.25, 0.3) is 0 Å². The summed E-state index contributed by atoms with van der Waals surface area (Å²) in [5.41, 5.74) is 7.41. The first-order chi connectivity index (χ1) is 35.6. The Bertz CT molecular complexity index is 2540. The number of nitrogens with zero attached hydrogens (tertiary/aromatic N) is 2. The SMILES string of the molecule is CCCCCC(=O)NCC(=O)N[C@H](C(=O)N[C@@H]1C(=O)N[C@@H](CCC(N)=O)C(=O)N[C@H]2CC[C@@H](O)N(C2=O)[C@@H](Cc2ccccc2)C(=O)N(C)[C@@H](Cc2c[nH]c3ccccc23)C(=O)NC(C(C)C)C(=O)O[C@H]1C)[C@@H](C)O. The lowest BCUT2D eigenvalue weighted by atomic mass is 9.95. The number of primary amides is 1. The Balaban J connectivity index is 1.58. The zero-order chi connectivity index (χ0) is 55.1.